The summed E-state index contributed by atoms with van der Waals surface area (Å²) in [7, 11) is 0. The lowest BCUT2D eigenvalue weighted by atomic mass is 10.1. The third-order valence-electron chi connectivity index (χ3n) is 2.27. The second kappa shape index (κ2) is 6.33. The van der Waals surface area contributed by atoms with Gasteiger partial charge in [0.1, 0.15) is 6.33 Å². The van der Waals surface area contributed by atoms with Crippen LogP contribution in [0.2, 0.25) is 0 Å². The molecule has 88 valence electrons. The third-order valence-corrected chi connectivity index (χ3v) is 2.27. The lowest BCUT2D eigenvalue weighted by molar-refractivity contribution is 0.343. The van der Waals surface area contributed by atoms with Crippen LogP contribution in [0, 0.1) is 11.8 Å². The smallest absolute Gasteiger partial charge is 0.115 e. The molecule has 0 bridgehead atoms. The largest absolute Gasteiger partial charge is 0.392 e. The zero-order chi connectivity index (χ0) is 12.6. The highest BCUT2D eigenvalue weighted by Crippen LogP contribution is 2.09. The van der Waals surface area contributed by atoms with E-state index in [2.05, 4.69) is 21.8 Å². The summed E-state index contributed by atoms with van der Waals surface area (Å²) in [6.07, 6.45) is 8.36. The summed E-state index contributed by atoms with van der Waals surface area (Å²) in [5.41, 5.74) is 2.67. The molecule has 0 aliphatic heterocycles. The summed E-state index contributed by atoms with van der Waals surface area (Å²) in [4.78, 5) is 7.82. The fourth-order valence-corrected chi connectivity index (χ4v) is 1.44. The number of hydrogen-bond donors (Lipinski definition) is 1. The van der Waals surface area contributed by atoms with Gasteiger partial charge in [0.2, 0.25) is 0 Å². The number of nitrogens with zero attached hydrogens (tertiary/aromatic N) is 2. The minimum Gasteiger partial charge on any atom is -0.392 e. The number of aliphatic hydroxyl groups excluding tert-OH is 1. The van der Waals surface area contributed by atoms with Crippen molar-refractivity contribution in [3.05, 3.63) is 65.8 Å². The molecule has 3 heteroatoms. The predicted octanol–water partition coefficient (Wildman–Crippen LogP) is 1.88. The molecule has 2 aromatic rings. The Labute approximate surface area is 106 Å². The average Bonchev–Trinajstić information content (AvgIpc) is 2.45. The Balaban J connectivity index is 2.30. The summed E-state index contributed by atoms with van der Waals surface area (Å²) in [5.74, 6) is 6.08. The van der Waals surface area contributed by atoms with Gasteiger partial charge in [0.05, 0.1) is 12.2 Å². The first-order valence-electron chi connectivity index (χ1n) is 5.53. The second-order valence-corrected chi connectivity index (χ2v) is 3.55. The van der Waals surface area contributed by atoms with E-state index in [-0.39, 0.29) is 6.61 Å². The van der Waals surface area contributed by atoms with Crippen LogP contribution in [-0.2, 0) is 0 Å². The van der Waals surface area contributed by atoms with Gasteiger partial charge in [0.15, 0.2) is 0 Å². The van der Waals surface area contributed by atoms with Crippen molar-refractivity contribution < 1.29 is 5.11 Å². The molecule has 1 aromatic carbocycles. The van der Waals surface area contributed by atoms with E-state index >= 15 is 0 Å². The van der Waals surface area contributed by atoms with Crippen molar-refractivity contribution in [1.29, 1.82) is 0 Å². The molecule has 18 heavy (non-hydrogen) atoms. The Morgan fingerprint density at radius 3 is 2.67 bits per heavy atom. The highest BCUT2D eigenvalue weighted by atomic mass is 16.2. The van der Waals surface area contributed by atoms with E-state index in [0.29, 0.717) is 0 Å². The van der Waals surface area contributed by atoms with Crippen LogP contribution in [0.4, 0.5) is 0 Å². The Kier molecular flexibility index (Phi) is 4.23. The fraction of sp³-hybridized carbons (Fsp3) is 0.0667. The van der Waals surface area contributed by atoms with Gasteiger partial charge < -0.3 is 5.11 Å². The molecule has 0 saturated carbocycles. The van der Waals surface area contributed by atoms with E-state index in [0.717, 1.165) is 16.7 Å². The zero-order valence-corrected chi connectivity index (χ0v) is 9.74. The zero-order valence-electron chi connectivity index (χ0n) is 9.74. The SMILES string of the molecule is OCC=Cc1ccccc1C#Cc1cncnc1. The van der Waals surface area contributed by atoms with Crippen molar-refractivity contribution in [2.45, 2.75) is 0 Å². The summed E-state index contributed by atoms with van der Waals surface area (Å²) in [5, 5.41) is 8.79. The van der Waals surface area contributed by atoms with Crippen LogP contribution >= 0.6 is 0 Å². The molecule has 3 nitrogen and oxygen atoms in total. The summed E-state index contributed by atoms with van der Waals surface area (Å²) in [6.45, 7) is 0.0221. The quantitative estimate of drug-likeness (QED) is 0.810. The molecule has 1 N–H and O–H groups in total. The number of aliphatic hydroxyl groups is 1. The minimum atomic E-state index is 0.0221. The van der Waals surface area contributed by atoms with Crippen molar-refractivity contribution in [2.75, 3.05) is 6.61 Å². The number of hydrogen-bond acceptors (Lipinski definition) is 3. The van der Waals surface area contributed by atoms with E-state index in [1.165, 1.54) is 6.33 Å². The first-order valence-corrected chi connectivity index (χ1v) is 5.53. The van der Waals surface area contributed by atoms with Crippen LogP contribution in [0.5, 0.6) is 0 Å². The van der Waals surface area contributed by atoms with E-state index in [9.17, 15) is 0 Å². The van der Waals surface area contributed by atoms with Crippen LogP contribution in [0.15, 0.2) is 49.1 Å². The molecule has 0 saturated heterocycles. The van der Waals surface area contributed by atoms with Gasteiger partial charge in [-0.25, -0.2) is 9.97 Å². The molecule has 0 spiro atoms. The Hall–Kier alpha value is -2.44. The van der Waals surface area contributed by atoms with Gasteiger partial charge in [0, 0.05) is 18.0 Å². The van der Waals surface area contributed by atoms with E-state index < -0.39 is 0 Å². The average molecular weight is 236 g/mol. The maximum Gasteiger partial charge on any atom is 0.115 e. The lowest BCUT2D eigenvalue weighted by Gasteiger charge is -1.97. The molecule has 0 radical (unpaired) electrons. The van der Waals surface area contributed by atoms with Gasteiger partial charge in [-0.2, -0.15) is 0 Å². The van der Waals surface area contributed by atoms with E-state index in [4.69, 9.17) is 5.11 Å². The van der Waals surface area contributed by atoms with Crippen molar-refractivity contribution in [3.63, 3.8) is 0 Å². The molecule has 0 atom stereocenters. The lowest BCUT2D eigenvalue weighted by Crippen LogP contribution is -1.83. The molecule has 1 aromatic heterocycles. The number of benzene rings is 1. The van der Waals surface area contributed by atoms with Crippen molar-refractivity contribution in [1.82, 2.24) is 9.97 Å². The Morgan fingerprint density at radius 2 is 1.89 bits per heavy atom. The Bertz CT molecular complexity index is 595. The van der Waals surface area contributed by atoms with Gasteiger partial charge in [-0.1, -0.05) is 42.2 Å². The van der Waals surface area contributed by atoms with Crippen molar-refractivity contribution >= 4 is 6.08 Å². The fourth-order valence-electron chi connectivity index (χ4n) is 1.44. The number of aromatic nitrogens is 2. The highest BCUT2D eigenvalue weighted by molar-refractivity contribution is 5.59. The molecule has 0 aliphatic rings. The molecule has 0 aliphatic carbocycles. The predicted molar refractivity (Wildman–Crippen MR) is 70.6 cm³/mol. The van der Waals surface area contributed by atoms with Crippen LogP contribution in [-0.4, -0.2) is 21.7 Å². The van der Waals surface area contributed by atoms with E-state index in [1.54, 1.807) is 18.5 Å². The normalized spacial score (nSPS) is 10.1. The van der Waals surface area contributed by atoms with Crippen LogP contribution < -0.4 is 0 Å². The monoisotopic (exact) mass is 236 g/mol. The third kappa shape index (κ3) is 3.27. The van der Waals surface area contributed by atoms with Gasteiger partial charge in [0.25, 0.3) is 0 Å². The standard InChI is InChI=1S/C15H12N2O/c18-9-3-6-14-4-1-2-5-15(14)8-7-13-10-16-12-17-11-13/h1-6,10-12,18H,9H2. The van der Waals surface area contributed by atoms with Crippen LogP contribution in [0.25, 0.3) is 6.08 Å². The maximum absolute atomic E-state index is 8.79. The van der Waals surface area contributed by atoms with Gasteiger partial charge >= 0.3 is 0 Å². The van der Waals surface area contributed by atoms with Gasteiger partial charge in [-0.05, 0) is 11.6 Å². The second-order valence-electron chi connectivity index (χ2n) is 3.55. The maximum atomic E-state index is 8.79. The Morgan fingerprint density at radius 1 is 1.11 bits per heavy atom. The summed E-state index contributed by atoms with van der Waals surface area (Å²) >= 11 is 0. The molecule has 0 amide bonds. The van der Waals surface area contributed by atoms with E-state index in [1.807, 2.05) is 30.3 Å². The molecule has 0 fully saturated rings. The molecule has 2 rings (SSSR count). The topological polar surface area (TPSA) is 46.0 Å². The van der Waals surface area contributed by atoms with Crippen LogP contribution in [0.3, 0.4) is 0 Å². The molecule has 0 unspecified atom stereocenters. The van der Waals surface area contributed by atoms with Gasteiger partial charge in [-0.3, -0.25) is 0 Å². The first-order chi connectivity index (χ1) is 8.90. The van der Waals surface area contributed by atoms with Crippen LogP contribution in [0.1, 0.15) is 16.7 Å². The summed E-state index contributed by atoms with van der Waals surface area (Å²) < 4.78 is 0. The van der Waals surface area contributed by atoms with Gasteiger partial charge in [-0.15, -0.1) is 0 Å². The molecular formula is C15H12N2O. The molecule has 1 heterocycles. The highest BCUT2D eigenvalue weighted by Gasteiger charge is 1.94. The summed E-state index contributed by atoms with van der Waals surface area (Å²) in [6, 6.07) is 7.77. The number of rotatable bonds is 2. The minimum absolute atomic E-state index is 0.0221. The van der Waals surface area contributed by atoms with Crippen molar-refractivity contribution in [2.24, 2.45) is 0 Å². The molecular weight excluding hydrogens is 224 g/mol. The first kappa shape index (κ1) is 12.0. The van der Waals surface area contributed by atoms with Crippen molar-refractivity contribution in [3.8, 4) is 11.8 Å².